The highest BCUT2D eigenvalue weighted by molar-refractivity contribution is 5.85. The van der Waals surface area contributed by atoms with Gasteiger partial charge in [-0.15, -0.1) is 12.4 Å². The molecule has 0 radical (unpaired) electrons. The van der Waals surface area contributed by atoms with E-state index < -0.39 is 0 Å². The number of esters is 1. The molecule has 3 aromatic carbocycles. The molecule has 2 aliphatic rings. The van der Waals surface area contributed by atoms with Gasteiger partial charge in [-0.3, -0.25) is 9.69 Å². The molecule has 0 unspecified atom stereocenters. The van der Waals surface area contributed by atoms with Crippen molar-refractivity contribution in [3.8, 4) is 17.2 Å². The Bertz CT molecular complexity index is 1080. The van der Waals surface area contributed by atoms with Crippen molar-refractivity contribution >= 4 is 18.4 Å². The summed E-state index contributed by atoms with van der Waals surface area (Å²) in [6, 6.07) is 24.8. The number of benzene rings is 3. The van der Waals surface area contributed by atoms with Crippen molar-refractivity contribution in [1.82, 2.24) is 4.90 Å². The molecule has 160 valence electrons. The molecule has 5 heteroatoms. The van der Waals surface area contributed by atoms with Crippen LogP contribution in [0.25, 0.3) is 0 Å². The first-order chi connectivity index (χ1) is 14.7. The molecule has 0 aliphatic carbocycles. The van der Waals surface area contributed by atoms with Gasteiger partial charge in [0.25, 0.3) is 0 Å². The molecule has 2 heterocycles. The number of ether oxygens (including phenoxy) is 2. The second-order valence-electron chi connectivity index (χ2n) is 8.17. The van der Waals surface area contributed by atoms with Crippen molar-refractivity contribution in [2.75, 3.05) is 13.1 Å². The van der Waals surface area contributed by atoms with E-state index in [0.717, 1.165) is 43.8 Å². The van der Waals surface area contributed by atoms with Crippen molar-refractivity contribution in [1.29, 1.82) is 0 Å². The smallest absolute Gasteiger partial charge is 0.308 e. The van der Waals surface area contributed by atoms with Crippen LogP contribution in [0.3, 0.4) is 0 Å². The molecule has 31 heavy (non-hydrogen) atoms. The maximum absolute atomic E-state index is 11.6. The molecular formula is C26H26ClNO3. The van der Waals surface area contributed by atoms with Crippen molar-refractivity contribution in [2.45, 2.75) is 31.7 Å². The Kier molecular flexibility index (Phi) is 6.03. The van der Waals surface area contributed by atoms with Crippen molar-refractivity contribution in [3.05, 3.63) is 89.5 Å². The molecule has 0 N–H and O–H groups in total. The predicted octanol–water partition coefficient (Wildman–Crippen LogP) is 5.72. The molecule has 0 aromatic heterocycles. The van der Waals surface area contributed by atoms with Gasteiger partial charge in [0.1, 0.15) is 5.75 Å². The van der Waals surface area contributed by atoms with Crippen molar-refractivity contribution in [2.24, 2.45) is 0 Å². The topological polar surface area (TPSA) is 38.8 Å². The van der Waals surface area contributed by atoms with Crippen molar-refractivity contribution in [3.63, 3.8) is 0 Å². The molecule has 2 aliphatic heterocycles. The highest BCUT2D eigenvalue weighted by Crippen LogP contribution is 2.55. The Morgan fingerprint density at radius 2 is 1.61 bits per heavy atom. The lowest BCUT2D eigenvalue weighted by Gasteiger charge is -2.46. The molecular weight excluding hydrogens is 410 g/mol. The summed E-state index contributed by atoms with van der Waals surface area (Å²) in [5.74, 6) is 1.71. The SMILES string of the molecule is CC(=O)Oc1cccc2c1Oc1ccccc1C21CCN(Cc2ccccc2)CC1.Cl. The minimum atomic E-state index is -0.336. The van der Waals surface area contributed by atoms with Gasteiger partial charge < -0.3 is 9.47 Å². The predicted molar refractivity (Wildman–Crippen MR) is 123 cm³/mol. The van der Waals surface area contributed by atoms with Crippen molar-refractivity contribution < 1.29 is 14.3 Å². The van der Waals surface area contributed by atoms with Gasteiger partial charge in [0.2, 0.25) is 0 Å². The average molecular weight is 436 g/mol. The third-order valence-corrected chi connectivity index (χ3v) is 6.32. The summed E-state index contributed by atoms with van der Waals surface area (Å²) in [7, 11) is 0. The number of hydrogen-bond acceptors (Lipinski definition) is 4. The first-order valence-electron chi connectivity index (χ1n) is 10.5. The highest BCUT2D eigenvalue weighted by Gasteiger charge is 2.45. The van der Waals surface area contributed by atoms with Gasteiger partial charge in [0, 0.05) is 30.0 Å². The molecule has 4 nitrogen and oxygen atoms in total. The van der Waals surface area contributed by atoms with Gasteiger partial charge in [-0.2, -0.15) is 0 Å². The Morgan fingerprint density at radius 3 is 2.35 bits per heavy atom. The molecule has 0 bridgehead atoms. The summed E-state index contributed by atoms with van der Waals surface area (Å²) >= 11 is 0. The fourth-order valence-electron chi connectivity index (χ4n) is 4.91. The second kappa shape index (κ2) is 8.74. The summed E-state index contributed by atoms with van der Waals surface area (Å²) in [6.45, 7) is 4.39. The first-order valence-corrected chi connectivity index (χ1v) is 10.5. The van der Waals surface area contributed by atoms with E-state index in [4.69, 9.17) is 9.47 Å². The quantitative estimate of drug-likeness (QED) is 0.389. The number of piperidine rings is 1. The Morgan fingerprint density at radius 1 is 0.935 bits per heavy atom. The van der Waals surface area contributed by atoms with Gasteiger partial charge in [-0.25, -0.2) is 0 Å². The van der Waals surface area contributed by atoms with E-state index in [-0.39, 0.29) is 23.8 Å². The van der Waals surface area contributed by atoms with Gasteiger partial charge in [-0.1, -0.05) is 60.7 Å². The lowest BCUT2D eigenvalue weighted by atomic mass is 9.66. The van der Waals surface area contributed by atoms with E-state index >= 15 is 0 Å². The summed E-state index contributed by atoms with van der Waals surface area (Å²) in [5, 5.41) is 0. The van der Waals surface area contributed by atoms with Gasteiger partial charge in [0.05, 0.1) is 0 Å². The standard InChI is InChI=1S/C26H25NO3.ClH/c1-19(28)29-24-13-7-11-22-25(24)30-23-12-6-5-10-21(23)26(22)14-16-27(17-15-26)18-20-8-3-2-4-9-20;/h2-13H,14-18H2,1H3;1H. The van der Waals surface area contributed by atoms with Crippen LogP contribution in [0, 0.1) is 0 Å². The largest absolute Gasteiger partial charge is 0.453 e. The van der Waals surface area contributed by atoms with Crippen LogP contribution in [-0.4, -0.2) is 24.0 Å². The second-order valence-corrected chi connectivity index (χ2v) is 8.17. The van der Waals surface area contributed by atoms with Crippen LogP contribution in [0.4, 0.5) is 0 Å². The molecule has 0 atom stereocenters. The molecule has 1 fully saturated rings. The molecule has 3 aromatic rings. The maximum Gasteiger partial charge on any atom is 0.308 e. The third kappa shape index (κ3) is 3.93. The lowest BCUT2D eigenvalue weighted by molar-refractivity contribution is -0.132. The van der Waals surface area contributed by atoms with Crippen LogP contribution in [-0.2, 0) is 16.8 Å². The monoisotopic (exact) mass is 435 g/mol. The maximum atomic E-state index is 11.6. The molecule has 0 amide bonds. The first kappa shape index (κ1) is 21.4. The van der Waals surface area contributed by atoms with E-state index in [0.29, 0.717) is 11.5 Å². The van der Waals surface area contributed by atoms with E-state index in [2.05, 4.69) is 53.4 Å². The lowest BCUT2D eigenvalue weighted by Crippen LogP contribution is -2.44. The number of nitrogens with zero attached hydrogens (tertiary/aromatic N) is 1. The van der Waals surface area contributed by atoms with E-state index in [1.54, 1.807) is 0 Å². The number of likely N-dealkylation sites (tertiary alicyclic amines) is 1. The van der Waals surface area contributed by atoms with Crippen LogP contribution in [0.5, 0.6) is 17.2 Å². The Labute approximate surface area is 189 Å². The average Bonchev–Trinajstić information content (AvgIpc) is 2.76. The van der Waals surface area contributed by atoms with Gasteiger partial charge >= 0.3 is 5.97 Å². The van der Waals surface area contributed by atoms with Crippen LogP contribution in [0.15, 0.2) is 72.8 Å². The van der Waals surface area contributed by atoms with E-state index in [1.807, 2.05) is 24.3 Å². The molecule has 1 saturated heterocycles. The summed E-state index contributed by atoms with van der Waals surface area (Å²) in [4.78, 5) is 14.2. The molecule has 0 saturated carbocycles. The highest BCUT2D eigenvalue weighted by atomic mass is 35.5. The van der Waals surface area contributed by atoms with Gasteiger partial charge in [-0.05, 0) is 43.6 Å². The zero-order chi connectivity index (χ0) is 20.6. The molecule has 1 spiro atoms. The van der Waals surface area contributed by atoms with E-state index in [9.17, 15) is 4.79 Å². The number of halogens is 1. The number of fused-ring (bicyclic) bond motifs is 4. The third-order valence-electron chi connectivity index (χ3n) is 6.32. The Hall–Kier alpha value is -2.82. The Balaban J connectivity index is 0.00000231. The van der Waals surface area contributed by atoms with Crippen LogP contribution in [0.1, 0.15) is 36.5 Å². The fraction of sp³-hybridized carbons (Fsp3) is 0.269. The number of rotatable bonds is 3. The minimum Gasteiger partial charge on any atom is -0.453 e. The number of hydrogen-bond donors (Lipinski definition) is 0. The fourth-order valence-corrected chi connectivity index (χ4v) is 4.91. The van der Waals surface area contributed by atoms with Gasteiger partial charge in [0.15, 0.2) is 11.5 Å². The van der Waals surface area contributed by atoms with Crippen LogP contribution < -0.4 is 9.47 Å². The summed E-state index contributed by atoms with van der Waals surface area (Å²) < 4.78 is 11.8. The minimum absolute atomic E-state index is 0. The zero-order valence-electron chi connectivity index (χ0n) is 17.5. The number of carbonyl (C=O) groups excluding carboxylic acids is 1. The zero-order valence-corrected chi connectivity index (χ0v) is 18.4. The normalized spacial score (nSPS) is 16.4. The number of para-hydroxylation sites is 2. The number of carbonyl (C=O) groups is 1. The molecule has 5 rings (SSSR count). The van der Waals surface area contributed by atoms with Crippen LogP contribution >= 0.6 is 12.4 Å². The summed E-state index contributed by atoms with van der Waals surface area (Å²) in [5.41, 5.74) is 3.57. The van der Waals surface area contributed by atoms with Crippen LogP contribution in [0.2, 0.25) is 0 Å². The summed E-state index contributed by atoms with van der Waals surface area (Å²) in [6.07, 6.45) is 1.99. The van der Waals surface area contributed by atoms with E-state index in [1.165, 1.54) is 18.1 Å².